The zero-order valence-corrected chi connectivity index (χ0v) is 12.2. The average molecular weight is 291 g/mol. The topological polar surface area (TPSA) is 12.5 Å². The third-order valence-corrected chi connectivity index (χ3v) is 3.18. The highest BCUT2D eigenvalue weighted by Crippen LogP contribution is 2.28. The summed E-state index contributed by atoms with van der Waals surface area (Å²) in [7, 11) is 3.89. The van der Waals surface area contributed by atoms with Gasteiger partial charge in [0.15, 0.2) is 0 Å². The summed E-state index contributed by atoms with van der Waals surface area (Å²) in [5.74, 6) is -0.643. The van der Waals surface area contributed by atoms with Crippen molar-refractivity contribution in [3.63, 3.8) is 0 Å². The zero-order chi connectivity index (χ0) is 15.2. The minimum atomic E-state index is -0.535. The molecule has 2 aromatic carbocycles. The SMILES string of the molecule is CN(C)CCO[C@@H](c1ccc(F)cc1)c1ccccc1F. The van der Waals surface area contributed by atoms with Crippen molar-refractivity contribution in [2.75, 3.05) is 27.2 Å². The summed E-state index contributed by atoms with van der Waals surface area (Å²) in [4.78, 5) is 1.99. The maximum Gasteiger partial charge on any atom is 0.129 e. The summed E-state index contributed by atoms with van der Waals surface area (Å²) in [5.41, 5.74) is 1.20. The Hall–Kier alpha value is -1.78. The van der Waals surface area contributed by atoms with Gasteiger partial charge in [-0.2, -0.15) is 0 Å². The number of hydrogen-bond donors (Lipinski definition) is 0. The Morgan fingerprint density at radius 1 is 1.00 bits per heavy atom. The molecular formula is C17H19F2NO. The number of nitrogens with zero attached hydrogens (tertiary/aromatic N) is 1. The Labute approximate surface area is 124 Å². The zero-order valence-electron chi connectivity index (χ0n) is 12.2. The number of ether oxygens (including phenoxy) is 1. The molecule has 112 valence electrons. The molecule has 2 nitrogen and oxygen atoms in total. The maximum atomic E-state index is 14.0. The van der Waals surface area contributed by atoms with E-state index in [1.165, 1.54) is 18.2 Å². The molecular weight excluding hydrogens is 272 g/mol. The van der Waals surface area contributed by atoms with Crippen LogP contribution in [0.15, 0.2) is 48.5 Å². The van der Waals surface area contributed by atoms with E-state index in [9.17, 15) is 8.78 Å². The van der Waals surface area contributed by atoms with E-state index in [1.807, 2.05) is 19.0 Å². The highest BCUT2D eigenvalue weighted by molar-refractivity contribution is 5.31. The van der Waals surface area contributed by atoms with Crippen LogP contribution in [-0.4, -0.2) is 32.1 Å². The predicted octanol–water partition coefficient (Wildman–Crippen LogP) is 3.63. The van der Waals surface area contributed by atoms with Crippen LogP contribution < -0.4 is 0 Å². The highest BCUT2D eigenvalue weighted by Gasteiger charge is 2.18. The quantitative estimate of drug-likeness (QED) is 0.806. The van der Waals surface area contributed by atoms with Crippen LogP contribution in [0.3, 0.4) is 0 Å². The van der Waals surface area contributed by atoms with Crippen molar-refractivity contribution in [1.29, 1.82) is 0 Å². The second-order valence-electron chi connectivity index (χ2n) is 5.13. The molecule has 21 heavy (non-hydrogen) atoms. The van der Waals surface area contributed by atoms with E-state index in [4.69, 9.17) is 4.74 Å². The molecule has 2 aromatic rings. The minimum Gasteiger partial charge on any atom is -0.367 e. The molecule has 4 heteroatoms. The van der Waals surface area contributed by atoms with E-state index in [-0.39, 0.29) is 11.6 Å². The van der Waals surface area contributed by atoms with E-state index in [0.717, 1.165) is 12.1 Å². The molecule has 0 bridgehead atoms. The van der Waals surface area contributed by atoms with Gasteiger partial charge in [0.05, 0.1) is 6.61 Å². The summed E-state index contributed by atoms with van der Waals surface area (Å²) in [5, 5.41) is 0. The first-order valence-electron chi connectivity index (χ1n) is 6.84. The molecule has 0 amide bonds. The van der Waals surface area contributed by atoms with E-state index >= 15 is 0 Å². The third kappa shape index (κ3) is 4.34. The van der Waals surface area contributed by atoms with Gasteiger partial charge in [-0.25, -0.2) is 8.78 Å². The van der Waals surface area contributed by atoms with E-state index < -0.39 is 6.10 Å². The molecule has 0 fully saturated rings. The van der Waals surface area contributed by atoms with Crippen LogP contribution in [0.5, 0.6) is 0 Å². The van der Waals surface area contributed by atoms with E-state index in [0.29, 0.717) is 12.2 Å². The molecule has 2 rings (SSSR count). The summed E-state index contributed by atoms with van der Waals surface area (Å²) in [6.07, 6.45) is -0.535. The average Bonchev–Trinajstić information content (AvgIpc) is 2.46. The smallest absolute Gasteiger partial charge is 0.129 e. The van der Waals surface area contributed by atoms with Crippen LogP contribution in [0.4, 0.5) is 8.78 Å². The summed E-state index contributed by atoms with van der Waals surface area (Å²) in [6.45, 7) is 1.19. The van der Waals surface area contributed by atoms with Crippen molar-refractivity contribution < 1.29 is 13.5 Å². The van der Waals surface area contributed by atoms with Crippen molar-refractivity contribution in [3.8, 4) is 0 Å². The lowest BCUT2D eigenvalue weighted by Crippen LogP contribution is -2.20. The van der Waals surface area contributed by atoms with Crippen LogP contribution in [0.2, 0.25) is 0 Å². The number of hydrogen-bond acceptors (Lipinski definition) is 2. The van der Waals surface area contributed by atoms with Gasteiger partial charge in [0, 0.05) is 12.1 Å². The first-order chi connectivity index (χ1) is 10.1. The largest absolute Gasteiger partial charge is 0.367 e. The number of likely N-dealkylation sites (N-methyl/N-ethyl adjacent to an activating group) is 1. The van der Waals surface area contributed by atoms with Crippen molar-refractivity contribution in [2.45, 2.75) is 6.10 Å². The van der Waals surface area contributed by atoms with Gasteiger partial charge in [0.2, 0.25) is 0 Å². The van der Waals surface area contributed by atoms with Gasteiger partial charge in [-0.15, -0.1) is 0 Å². The molecule has 0 aromatic heterocycles. The second-order valence-corrected chi connectivity index (χ2v) is 5.13. The van der Waals surface area contributed by atoms with Crippen LogP contribution in [0, 0.1) is 11.6 Å². The lowest BCUT2D eigenvalue weighted by molar-refractivity contribution is 0.0665. The summed E-state index contributed by atoms with van der Waals surface area (Å²) in [6, 6.07) is 12.5. The van der Waals surface area contributed by atoms with Gasteiger partial charge < -0.3 is 9.64 Å². The van der Waals surface area contributed by atoms with Gasteiger partial charge in [-0.3, -0.25) is 0 Å². The van der Waals surface area contributed by atoms with Crippen molar-refractivity contribution in [2.24, 2.45) is 0 Å². The molecule has 0 radical (unpaired) electrons. The fourth-order valence-electron chi connectivity index (χ4n) is 2.04. The molecule has 0 saturated heterocycles. The van der Waals surface area contributed by atoms with Gasteiger partial charge in [0.1, 0.15) is 17.7 Å². The molecule has 0 spiro atoms. The van der Waals surface area contributed by atoms with Crippen molar-refractivity contribution >= 4 is 0 Å². The van der Waals surface area contributed by atoms with Gasteiger partial charge in [0.25, 0.3) is 0 Å². The Morgan fingerprint density at radius 3 is 2.29 bits per heavy atom. The molecule has 0 aliphatic carbocycles. The molecule has 0 N–H and O–H groups in total. The molecule has 0 heterocycles. The predicted molar refractivity (Wildman–Crippen MR) is 79.1 cm³/mol. The normalized spacial score (nSPS) is 12.6. The Bertz CT molecular complexity index is 569. The summed E-state index contributed by atoms with van der Waals surface area (Å²) < 4.78 is 32.9. The van der Waals surface area contributed by atoms with Crippen LogP contribution in [0.1, 0.15) is 17.2 Å². The summed E-state index contributed by atoms with van der Waals surface area (Å²) >= 11 is 0. The van der Waals surface area contributed by atoms with Crippen LogP contribution in [-0.2, 0) is 4.74 Å². The molecule has 1 atom stereocenters. The van der Waals surface area contributed by atoms with E-state index in [1.54, 1.807) is 30.3 Å². The van der Waals surface area contributed by atoms with Crippen molar-refractivity contribution in [3.05, 3.63) is 71.3 Å². The number of halogens is 2. The van der Waals surface area contributed by atoms with Crippen molar-refractivity contribution in [1.82, 2.24) is 4.90 Å². The first kappa shape index (κ1) is 15.6. The maximum absolute atomic E-state index is 14.0. The lowest BCUT2D eigenvalue weighted by atomic mass is 10.0. The van der Waals surface area contributed by atoms with E-state index in [2.05, 4.69) is 0 Å². The fraction of sp³-hybridized carbons (Fsp3) is 0.294. The Kier molecular flexibility index (Phi) is 5.42. The van der Waals surface area contributed by atoms with Crippen LogP contribution >= 0.6 is 0 Å². The molecule has 0 unspecified atom stereocenters. The highest BCUT2D eigenvalue weighted by atomic mass is 19.1. The Balaban J connectivity index is 2.26. The van der Waals surface area contributed by atoms with Gasteiger partial charge in [-0.1, -0.05) is 30.3 Å². The first-order valence-corrected chi connectivity index (χ1v) is 6.84. The Morgan fingerprint density at radius 2 is 1.67 bits per heavy atom. The fourth-order valence-corrected chi connectivity index (χ4v) is 2.04. The number of benzene rings is 2. The standard InChI is InChI=1S/C17H19F2NO/c1-20(2)11-12-21-17(13-7-9-14(18)10-8-13)15-5-3-4-6-16(15)19/h3-10,17H,11-12H2,1-2H3/t17-/m0/s1. The molecule has 0 saturated carbocycles. The second kappa shape index (κ2) is 7.29. The monoisotopic (exact) mass is 291 g/mol. The number of rotatable bonds is 6. The lowest BCUT2D eigenvalue weighted by Gasteiger charge is -2.20. The van der Waals surface area contributed by atoms with Gasteiger partial charge in [-0.05, 0) is 37.9 Å². The molecule has 0 aliphatic heterocycles. The van der Waals surface area contributed by atoms with Gasteiger partial charge >= 0.3 is 0 Å². The van der Waals surface area contributed by atoms with Crippen LogP contribution in [0.25, 0.3) is 0 Å². The third-order valence-electron chi connectivity index (χ3n) is 3.18. The minimum absolute atomic E-state index is 0.320. The molecule has 0 aliphatic rings.